The van der Waals surface area contributed by atoms with E-state index in [1.807, 2.05) is 0 Å². The molecule has 0 saturated carbocycles. The Morgan fingerprint density at radius 3 is 2.47 bits per heavy atom. The van der Waals surface area contributed by atoms with E-state index in [9.17, 15) is 4.79 Å². The van der Waals surface area contributed by atoms with E-state index in [1.54, 1.807) is 0 Å². The fourth-order valence-corrected chi connectivity index (χ4v) is 4.00. The lowest BCUT2D eigenvalue weighted by atomic mass is 9.88. The van der Waals surface area contributed by atoms with E-state index in [-0.39, 0.29) is 5.92 Å². The molecule has 0 aliphatic carbocycles. The van der Waals surface area contributed by atoms with Crippen LogP contribution in [0.1, 0.15) is 33.1 Å². The number of carbonyl (C=O) groups excluding carboxylic acids is 1. The van der Waals surface area contributed by atoms with Gasteiger partial charge in [-0.05, 0) is 25.2 Å². The number of hydrogen-bond donors (Lipinski definition) is 1. The zero-order valence-electron chi connectivity index (χ0n) is 12.3. The van der Waals surface area contributed by atoms with Crippen LogP contribution in [0.4, 0.5) is 0 Å². The first-order valence-corrected chi connectivity index (χ1v) is 7.90. The van der Waals surface area contributed by atoms with Crippen LogP contribution in [-0.4, -0.2) is 60.5 Å². The molecule has 3 rings (SSSR count). The van der Waals surface area contributed by atoms with Gasteiger partial charge in [-0.2, -0.15) is 0 Å². The molecule has 108 valence electrons. The third-order valence-corrected chi connectivity index (χ3v) is 4.92. The zero-order chi connectivity index (χ0) is 13.4. The van der Waals surface area contributed by atoms with Crippen LogP contribution in [-0.2, 0) is 4.79 Å². The van der Waals surface area contributed by atoms with Crippen molar-refractivity contribution in [1.29, 1.82) is 0 Å². The summed E-state index contributed by atoms with van der Waals surface area (Å²) in [5, 5.41) is 3.57. The molecule has 1 amide bonds. The first-order valence-electron chi connectivity index (χ1n) is 7.90. The summed E-state index contributed by atoms with van der Waals surface area (Å²) >= 11 is 0. The minimum atomic E-state index is 0.274. The topological polar surface area (TPSA) is 35.6 Å². The average Bonchev–Trinajstić information content (AvgIpc) is 3.00. The van der Waals surface area contributed by atoms with Gasteiger partial charge in [-0.3, -0.25) is 9.69 Å². The van der Waals surface area contributed by atoms with Crippen LogP contribution >= 0.6 is 0 Å². The highest BCUT2D eigenvalue weighted by Gasteiger charge is 2.44. The number of fused-ring (bicyclic) bond motifs is 2. The zero-order valence-corrected chi connectivity index (χ0v) is 12.3. The molecular weight excluding hydrogens is 238 g/mol. The highest BCUT2D eigenvalue weighted by molar-refractivity contribution is 5.80. The number of piperazine rings is 1. The molecule has 19 heavy (non-hydrogen) atoms. The SMILES string of the molecule is CC(C)CN1CCN(C(=O)C2CC3CCC2N3)CC1. The molecule has 0 aromatic heterocycles. The van der Waals surface area contributed by atoms with E-state index in [2.05, 4.69) is 29.0 Å². The molecule has 3 atom stereocenters. The van der Waals surface area contributed by atoms with E-state index >= 15 is 0 Å². The van der Waals surface area contributed by atoms with E-state index in [0.717, 1.165) is 45.1 Å². The maximum absolute atomic E-state index is 12.6. The van der Waals surface area contributed by atoms with Crippen molar-refractivity contribution in [3.8, 4) is 0 Å². The molecule has 0 aromatic carbocycles. The van der Waals surface area contributed by atoms with Gasteiger partial charge in [0.05, 0.1) is 5.92 Å². The molecule has 2 bridgehead atoms. The summed E-state index contributed by atoms with van der Waals surface area (Å²) in [6.45, 7) is 9.66. The highest BCUT2D eigenvalue weighted by atomic mass is 16.2. The molecule has 0 radical (unpaired) electrons. The second-order valence-corrected chi connectivity index (χ2v) is 6.91. The van der Waals surface area contributed by atoms with Gasteiger partial charge in [0.2, 0.25) is 5.91 Å². The first kappa shape index (κ1) is 13.4. The van der Waals surface area contributed by atoms with Crippen LogP contribution in [0.15, 0.2) is 0 Å². The Kier molecular flexibility index (Phi) is 3.81. The normalized spacial score (nSPS) is 35.3. The first-order chi connectivity index (χ1) is 9.13. The summed E-state index contributed by atoms with van der Waals surface area (Å²) < 4.78 is 0. The van der Waals surface area contributed by atoms with Gasteiger partial charge in [0, 0.05) is 44.8 Å². The van der Waals surface area contributed by atoms with Gasteiger partial charge in [-0.1, -0.05) is 13.8 Å². The average molecular weight is 265 g/mol. The number of rotatable bonds is 3. The predicted octanol–water partition coefficient (Wildman–Crippen LogP) is 0.927. The van der Waals surface area contributed by atoms with Crippen molar-refractivity contribution < 1.29 is 4.79 Å². The standard InChI is InChI=1S/C15H27N3O/c1-11(2)10-17-5-7-18(8-6-17)15(19)13-9-12-3-4-14(13)16-12/h11-14,16H,3-10H2,1-2H3. The number of hydrogen-bond acceptors (Lipinski definition) is 3. The molecule has 4 heteroatoms. The van der Waals surface area contributed by atoms with Crippen LogP contribution in [0, 0.1) is 11.8 Å². The molecule has 3 heterocycles. The van der Waals surface area contributed by atoms with E-state index in [1.165, 1.54) is 12.8 Å². The maximum Gasteiger partial charge on any atom is 0.227 e. The predicted molar refractivity (Wildman–Crippen MR) is 75.9 cm³/mol. The van der Waals surface area contributed by atoms with Crippen molar-refractivity contribution in [2.75, 3.05) is 32.7 Å². The summed E-state index contributed by atoms with van der Waals surface area (Å²) in [6.07, 6.45) is 3.56. The molecule has 3 saturated heterocycles. The van der Waals surface area contributed by atoms with Gasteiger partial charge in [-0.25, -0.2) is 0 Å². The number of amides is 1. The largest absolute Gasteiger partial charge is 0.340 e. The van der Waals surface area contributed by atoms with Crippen molar-refractivity contribution >= 4 is 5.91 Å². The highest BCUT2D eigenvalue weighted by Crippen LogP contribution is 2.34. The fraction of sp³-hybridized carbons (Fsp3) is 0.933. The summed E-state index contributed by atoms with van der Waals surface area (Å²) in [5.74, 6) is 1.41. The van der Waals surface area contributed by atoms with Crippen molar-refractivity contribution in [2.45, 2.75) is 45.2 Å². The third kappa shape index (κ3) is 2.79. The molecule has 3 aliphatic rings. The fourth-order valence-electron chi connectivity index (χ4n) is 4.00. The van der Waals surface area contributed by atoms with Crippen LogP contribution in [0.2, 0.25) is 0 Å². The van der Waals surface area contributed by atoms with Gasteiger partial charge in [-0.15, -0.1) is 0 Å². The lowest BCUT2D eigenvalue weighted by Crippen LogP contribution is -2.52. The Hall–Kier alpha value is -0.610. The number of carbonyl (C=O) groups is 1. The Balaban J connectivity index is 1.50. The van der Waals surface area contributed by atoms with Gasteiger partial charge in [0.1, 0.15) is 0 Å². The van der Waals surface area contributed by atoms with Gasteiger partial charge >= 0.3 is 0 Å². The van der Waals surface area contributed by atoms with Crippen LogP contribution in [0.3, 0.4) is 0 Å². The second-order valence-electron chi connectivity index (χ2n) is 6.91. The third-order valence-electron chi connectivity index (χ3n) is 4.92. The lowest BCUT2D eigenvalue weighted by Gasteiger charge is -2.37. The summed E-state index contributed by atoms with van der Waals surface area (Å²) in [5.41, 5.74) is 0. The lowest BCUT2D eigenvalue weighted by molar-refractivity contribution is -0.138. The van der Waals surface area contributed by atoms with Crippen molar-refractivity contribution in [2.24, 2.45) is 11.8 Å². The van der Waals surface area contributed by atoms with E-state index < -0.39 is 0 Å². The van der Waals surface area contributed by atoms with Crippen molar-refractivity contribution in [3.05, 3.63) is 0 Å². The van der Waals surface area contributed by atoms with Gasteiger partial charge in [0.15, 0.2) is 0 Å². The number of nitrogens with zero attached hydrogens (tertiary/aromatic N) is 2. The van der Waals surface area contributed by atoms with E-state index in [4.69, 9.17) is 0 Å². The minimum Gasteiger partial charge on any atom is -0.340 e. The number of nitrogens with one attached hydrogen (secondary N) is 1. The van der Waals surface area contributed by atoms with E-state index in [0.29, 0.717) is 18.0 Å². The second kappa shape index (κ2) is 5.41. The van der Waals surface area contributed by atoms with Crippen LogP contribution in [0.25, 0.3) is 0 Å². The Labute approximate surface area is 116 Å². The molecular formula is C15H27N3O. The molecule has 1 N–H and O–H groups in total. The monoisotopic (exact) mass is 265 g/mol. The summed E-state index contributed by atoms with van der Waals surface area (Å²) in [4.78, 5) is 17.2. The Bertz CT molecular complexity index is 336. The molecule has 3 fully saturated rings. The van der Waals surface area contributed by atoms with Gasteiger partial charge in [0.25, 0.3) is 0 Å². The molecule has 3 aliphatic heterocycles. The molecule has 0 spiro atoms. The Morgan fingerprint density at radius 2 is 1.95 bits per heavy atom. The van der Waals surface area contributed by atoms with Crippen molar-refractivity contribution in [1.82, 2.24) is 15.1 Å². The molecule has 4 nitrogen and oxygen atoms in total. The molecule has 3 unspecified atom stereocenters. The Morgan fingerprint density at radius 1 is 1.21 bits per heavy atom. The summed E-state index contributed by atoms with van der Waals surface area (Å²) in [6, 6.07) is 1.10. The molecule has 0 aromatic rings. The van der Waals surface area contributed by atoms with Crippen LogP contribution in [0.5, 0.6) is 0 Å². The van der Waals surface area contributed by atoms with Gasteiger partial charge < -0.3 is 10.2 Å². The maximum atomic E-state index is 12.6. The minimum absolute atomic E-state index is 0.274. The van der Waals surface area contributed by atoms with Crippen molar-refractivity contribution in [3.63, 3.8) is 0 Å². The van der Waals surface area contributed by atoms with Crippen LogP contribution < -0.4 is 5.32 Å². The summed E-state index contributed by atoms with van der Waals surface area (Å²) in [7, 11) is 0. The smallest absolute Gasteiger partial charge is 0.227 e. The quantitative estimate of drug-likeness (QED) is 0.824.